The molecule has 0 saturated heterocycles. The summed E-state index contributed by atoms with van der Waals surface area (Å²) in [5.74, 6) is -0.697. The number of aryl methyl sites for hydroxylation is 3. The highest BCUT2D eigenvalue weighted by atomic mass is 35.5. The van der Waals surface area contributed by atoms with Gasteiger partial charge in [-0.25, -0.2) is 0 Å². The molecular formula is C20H20ClN5O2. The fourth-order valence-electron chi connectivity index (χ4n) is 2.83. The zero-order valence-corrected chi connectivity index (χ0v) is 16.8. The number of hydrogen-bond donors (Lipinski definition) is 2. The molecule has 0 atom stereocenters. The van der Waals surface area contributed by atoms with Crippen LogP contribution in [0, 0.1) is 20.8 Å². The third kappa shape index (κ3) is 4.20. The fourth-order valence-corrected chi connectivity index (χ4v) is 3.00. The summed E-state index contributed by atoms with van der Waals surface area (Å²) >= 11 is 6.03. The lowest BCUT2D eigenvalue weighted by Gasteiger charge is -2.11. The minimum absolute atomic E-state index is 0.189. The van der Waals surface area contributed by atoms with Crippen LogP contribution in [-0.4, -0.2) is 26.8 Å². The van der Waals surface area contributed by atoms with Crippen LogP contribution in [0.15, 0.2) is 36.4 Å². The van der Waals surface area contributed by atoms with E-state index in [2.05, 4.69) is 20.8 Å². The number of anilines is 2. The first-order chi connectivity index (χ1) is 13.2. The summed E-state index contributed by atoms with van der Waals surface area (Å²) in [6.45, 7) is 7.08. The van der Waals surface area contributed by atoms with Gasteiger partial charge in [0.1, 0.15) is 0 Å². The molecule has 1 heterocycles. The molecule has 0 bridgehead atoms. The number of halogens is 1. The SMILES string of the molecule is CC(=O)Nc1ccc(Cl)cc1NC(=O)c1nn(-c2ccc(C)cc2C)nc1C. The summed E-state index contributed by atoms with van der Waals surface area (Å²) < 4.78 is 0. The second kappa shape index (κ2) is 7.82. The van der Waals surface area contributed by atoms with E-state index in [1.54, 1.807) is 25.1 Å². The van der Waals surface area contributed by atoms with Crippen LogP contribution in [0.1, 0.15) is 34.2 Å². The molecule has 1 aromatic heterocycles. The summed E-state index contributed by atoms with van der Waals surface area (Å²) in [5.41, 5.74) is 4.45. The Balaban J connectivity index is 1.91. The number of nitrogens with zero attached hydrogens (tertiary/aromatic N) is 3. The van der Waals surface area contributed by atoms with E-state index in [0.29, 0.717) is 22.1 Å². The monoisotopic (exact) mass is 397 g/mol. The molecule has 7 nitrogen and oxygen atoms in total. The van der Waals surface area contributed by atoms with Gasteiger partial charge >= 0.3 is 0 Å². The number of nitrogens with one attached hydrogen (secondary N) is 2. The van der Waals surface area contributed by atoms with E-state index < -0.39 is 5.91 Å². The van der Waals surface area contributed by atoms with Crippen molar-refractivity contribution in [3.05, 3.63) is 63.9 Å². The molecule has 0 radical (unpaired) electrons. The molecule has 0 saturated carbocycles. The van der Waals surface area contributed by atoms with Gasteiger partial charge in [0.15, 0.2) is 5.69 Å². The summed E-state index contributed by atoms with van der Waals surface area (Å²) in [6, 6.07) is 10.7. The Morgan fingerprint density at radius 2 is 1.71 bits per heavy atom. The van der Waals surface area contributed by atoms with Gasteiger partial charge in [0.2, 0.25) is 5.91 Å². The Labute approximate surface area is 167 Å². The molecule has 0 spiro atoms. The Bertz CT molecular complexity index is 1070. The average Bonchev–Trinajstić information content (AvgIpc) is 2.98. The van der Waals surface area contributed by atoms with Crippen molar-refractivity contribution in [1.82, 2.24) is 15.0 Å². The largest absolute Gasteiger partial charge is 0.325 e. The Hall–Kier alpha value is -3.19. The molecule has 144 valence electrons. The summed E-state index contributed by atoms with van der Waals surface area (Å²) in [7, 11) is 0. The molecule has 3 aromatic rings. The maximum absolute atomic E-state index is 12.8. The third-order valence-electron chi connectivity index (χ3n) is 4.11. The van der Waals surface area contributed by atoms with Crippen molar-refractivity contribution in [2.24, 2.45) is 0 Å². The molecule has 0 aliphatic carbocycles. The highest BCUT2D eigenvalue weighted by Crippen LogP contribution is 2.26. The van der Waals surface area contributed by atoms with Crippen molar-refractivity contribution in [2.45, 2.75) is 27.7 Å². The number of rotatable bonds is 4. The van der Waals surface area contributed by atoms with Gasteiger partial charge < -0.3 is 10.6 Å². The molecule has 0 aliphatic rings. The van der Waals surface area contributed by atoms with Crippen LogP contribution in [0.5, 0.6) is 0 Å². The Morgan fingerprint density at radius 3 is 2.39 bits per heavy atom. The van der Waals surface area contributed by atoms with Gasteiger partial charge in [-0.05, 0) is 50.6 Å². The van der Waals surface area contributed by atoms with Gasteiger partial charge in [0, 0.05) is 11.9 Å². The highest BCUT2D eigenvalue weighted by Gasteiger charge is 2.19. The highest BCUT2D eigenvalue weighted by molar-refractivity contribution is 6.31. The maximum atomic E-state index is 12.8. The molecule has 0 unspecified atom stereocenters. The zero-order chi connectivity index (χ0) is 20.4. The molecule has 3 rings (SSSR count). The molecule has 2 N–H and O–H groups in total. The smallest absolute Gasteiger partial charge is 0.278 e. The summed E-state index contributed by atoms with van der Waals surface area (Å²) in [4.78, 5) is 25.6. The lowest BCUT2D eigenvalue weighted by atomic mass is 10.1. The number of benzene rings is 2. The van der Waals surface area contributed by atoms with E-state index in [-0.39, 0.29) is 11.6 Å². The lowest BCUT2D eigenvalue weighted by Crippen LogP contribution is -2.16. The molecule has 0 fully saturated rings. The normalized spacial score (nSPS) is 10.6. The quantitative estimate of drug-likeness (QED) is 0.694. The Morgan fingerprint density at radius 1 is 0.964 bits per heavy atom. The van der Waals surface area contributed by atoms with Crippen LogP contribution < -0.4 is 10.6 Å². The van der Waals surface area contributed by atoms with Crippen LogP contribution in [0.3, 0.4) is 0 Å². The average molecular weight is 398 g/mol. The molecule has 8 heteroatoms. The van der Waals surface area contributed by atoms with Crippen molar-refractivity contribution in [3.8, 4) is 5.69 Å². The third-order valence-corrected chi connectivity index (χ3v) is 4.34. The van der Waals surface area contributed by atoms with E-state index >= 15 is 0 Å². The van der Waals surface area contributed by atoms with E-state index in [4.69, 9.17) is 11.6 Å². The molecular weight excluding hydrogens is 378 g/mol. The van der Waals surface area contributed by atoms with Gasteiger partial charge in [-0.15, -0.1) is 5.10 Å². The number of carbonyl (C=O) groups is 2. The second-order valence-electron chi connectivity index (χ2n) is 6.54. The minimum atomic E-state index is -0.442. The number of amides is 2. The van der Waals surface area contributed by atoms with E-state index in [1.165, 1.54) is 11.7 Å². The van der Waals surface area contributed by atoms with Gasteiger partial charge in [-0.1, -0.05) is 29.3 Å². The van der Waals surface area contributed by atoms with Gasteiger partial charge in [-0.2, -0.15) is 9.90 Å². The summed E-state index contributed by atoms with van der Waals surface area (Å²) in [6.07, 6.45) is 0. The van der Waals surface area contributed by atoms with Gasteiger partial charge in [-0.3, -0.25) is 9.59 Å². The minimum Gasteiger partial charge on any atom is -0.325 e. The zero-order valence-electron chi connectivity index (χ0n) is 16.0. The van der Waals surface area contributed by atoms with Crippen molar-refractivity contribution >= 4 is 34.8 Å². The molecule has 2 aromatic carbocycles. The fraction of sp³-hybridized carbons (Fsp3) is 0.200. The van der Waals surface area contributed by atoms with Crippen molar-refractivity contribution in [1.29, 1.82) is 0 Å². The molecule has 0 aliphatic heterocycles. The molecule has 2 amide bonds. The Kier molecular flexibility index (Phi) is 5.46. The van der Waals surface area contributed by atoms with Crippen LogP contribution >= 0.6 is 11.6 Å². The number of aromatic nitrogens is 3. The van der Waals surface area contributed by atoms with E-state index in [1.807, 2.05) is 32.0 Å². The first-order valence-electron chi connectivity index (χ1n) is 8.64. The maximum Gasteiger partial charge on any atom is 0.278 e. The van der Waals surface area contributed by atoms with Crippen LogP contribution in [0.4, 0.5) is 11.4 Å². The topological polar surface area (TPSA) is 88.9 Å². The number of carbonyl (C=O) groups excluding carboxylic acids is 2. The lowest BCUT2D eigenvalue weighted by molar-refractivity contribution is -0.114. The van der Waals surface area contributed by atoms with Crippen LogP contribution in [0.2, 0.25) is 5.02 Å². The van der Waals surface area contributed by atoms with Gasteiger partial charge in [0.25, 0.3) is 5.91 Å². The first-order valence-corrected chi connectivity index (χ1v) is 9.02. The number of hydrogen-bond acceptors (Lipinski definition) is 4. The second-order valence-corrected chi connectivity index (χ2v) is 6.98. The first kappa shape index (κ1) is 19.6. The molecule has 28 heavy (non-hydrogen) atoms. The van der Waals surface area contributed by atoms with Crippen molar-refractivity contribution in [2.75, 3.05) is 10.6 Å². The van der Waals surface area contributed by atoms with Crippen molar-refractivity contribution in [3.63, 3.8) is 0 Å². The van der Waals surface area contributed by atoms with Crippen molar-refractivity contribution < 1.29 is 9.59 Å². The predicted molar refractivity (Wildman–Crippen MR) is 109 cm³/mol. The summed E-state index contributed by atoms with van der Waals surface area (Å²) in [5, 5.41) is 14.6. The van der Waals surface area contributed by atoms with E-state index in [9.17, 15) is 9.59 Å². The van der Waals surface area contributed by atoms with Crippen LogP contribution in [0.25, 0.3) is 5.69 Å². The van der Waals surface area contributed by atoms with E-state index in [0.717, 1.165) is 16.8 Å². The standard InChI is InChI=1S/C20H20ClN5O2/c1-11-5-8-18(12(2)9-11)26-24-13(3)19(25-26)20(28)23-17-10-15(21)6-7-16(17)22-14(4)27/h5-10H,1-4H3,(H,22,27)(H,23,28). The van der Waals surface area contributed by atoms with Crippen LogP contribution in [-0.2, 0) is 4.79 Å². The van der Waals surface area contributed by atoms with Gasteiger partial charge in [0.05, 0.1) is 22.8 Å². The predicted octanol–water partition coefficient (Wildman–Crippen LogP) is 4.06.